The molecule has 0 bridgehead atoms. The van der Waals surface area contributed by atoms with Crippen LogP contribution in [-0.2, 0) is 6.61 Å². The number of aliphatic hydroxyl groups excluding tert-OH is 1. The molecule has 82 valence electrons. The van der Waals surface area contributed by atoms with Crippen molar-refractivity contribution in [3.05, 3.63) is 24.0 Å². The van der Waals surface area contributed by atoms with Gasteiger partial charge in [-0.05, 0) is 24.8 Å². The molecule has 15 heavy (non-hydrogen) atoms. The maximum atomic E-state index is 9.19. The van der Waals surface area contributed by atoms with Crippen molar-refractivity contribution in [3.8, 4) is 0 Å². The molecule has 0 saturated heterocycles. The molecule has 3 nitrogen and oxygen atoms in total. The molecule has 3 heteroatoms. The number of hydrogen-bond donors (Lipinski definition) is 2. The number of nitrogens with one attached hydrogen (secondary N) is 1. The third-order valence-corrected chi connectivity index (χ3v) is 3.28. The van der Waals surface area contributed by atoms with Crippen LogP contribution in [0.5, 0.6) is 0 Å². The van der Waals surface area contributed by atoms with Crippen LogP contribution in [0.4, 0.5) is 5.69 Å². The maximum Gasteiger partial charge on any atom is 0.0703 e. The minimum atomic E-state index is 0.0754. The lowest BCUT2D eigenvalue weighted by Gasteiger charge is -2.20. The lowest BCUT2D eigenvalue weighted by atomic mass is 10.1. The van der Waals surface area contributed by atoms with Gasteiger partial charge in [-0.15, -0.1) is 0 Å². The Hall–Kier alpha value is -1.09. The number of aromatic nitrogens is 1. The van der Waals surface area contributed by atoms with Gasteiger partial charge in [0, 0.05) is 17.8 Å². The van der Waals surface area contributed by atoms with Crippen LogP contribution in [0.3, 0.4) is 0 Å². The van der Waals surface area contributed by atoms with E-state index in [0.717, 1.165) is 17.2 Å². The molecule has 1 aliphatic carbocycles. The summed E-state index contributed by atoms with van der Waals surface area (Å²) in [6.07, 6.45) is 7.34. The van der Waals surface area contributed by atoms with Crippen molar-refractivity contribution in [1.82, 2.24) is 4.98 Å². The predicted molar refractivity (Wildman–Crippen MR) is 60.6 cm³/mol. The van der Waals surface area contributed by atoms with Gasteiger partial charge in [0.25, 0.3) is 0 Å². The molecule has 1 aromatic heterocycles. The number of hydrogen-bond acceptors (Lipinski definition) is 3. The monoisotopic (exact) mass is 206 g/mol. The minimum Gasteiger partial charge on any atom is -0.392 e. The molecule has 2 rings (SSSR count). The van der Waals surface area contributed by atoms with Crippen LogP contribution < -0.4 is 5.32 Å². The molecule has 1 saturated carbocycles. The molecule has 1 heterocycles. The lowest BCUT2D eigenvalue weighted by Crippen LogP contribution is -2.22. The Morgan fingerprint density at radius 1 is 1.53 bits per heavy atom. The first-order valence-electron chi connectivity index (χ1n) is 5.61. The first kappa shape index (κ1) is 10.4. The molecule has 2 N–H and O–H groups in total. The van der Waals surface area contributed by atoms with Gasteiger partial charge in [-0.3, -0.25) is 4.98 Å². The van der Waals surface area contributed by atoms with Crippen molar-refractivity contribution in [2.75, 3.05) is 5.32 Å². The highest BCUT2D eigenvalue weighted by Crippen LogP contribution is 2.28. The van der Waals surface area contributed by atoms with Crippen molar-refractivity contribution >= 4 is 5.69 Å². The Morgan fingerprint density at radius 2 is 2.40 bits per heavy atom. The van der Waals surface area contributed by atoms with Gasteiger partial charge in [-0.2, -0.15) is 0 Å². The lowest BCUT2D eigenvalue weighted by molar-refractivity contribution is 0.282. The fourth-order valence-corrected chi connectivity index (χ4v) is 2.25. The summed E-state index contributed by atoms with van der Waals surface area (Å²) in [4.78, 5) is 4.09. The zero-order valence-corrected chi connectivity index (χ0v) is 9.11. The number of pyridine rings is 1. The standard InChI is InChI=1S/C12H18N2O/c1-9-3-2-4-11(9)14-12-7-13-6-5-10(12)8-15/h5-7,9,11,14-15H,2-4,8H2,1H3. The van der Waals surface area contributed by atoms with Crippen molar-refractivity contribution in [2.24, 2.45) is 5.92 Å². The van der Waals surface area contributed by atoms with E-state index in [2.05, 4.69) is 17.2 Å². The van der Waals surface area contributed by atoms with Crippen molar-refractivity contribution in [1.29, 1.82) is 0 Å². The average molecular weight is 206 g/mol. The summed E-state index contributed by atoms with van der Waals surface area (Å²) in [6, 6.07) is 2.40. The molecular formula is C12H18N2O. The Kier molecular flexibility index (Phi) is 3.21. The van der Waals surface area contributed by atoms with Gasteiger partial charge < -0.3 is 10.4 Å². The van der Waals surface area contributed by atoms with Crippen molar-refractivity contribution in [2.45, 2.75) is 38.8 Å². The highest BCUT2D eigenvalue weighted by atomic mass is 16.3. The third-order valence-electron chi connectivity index (χ3n) is 3.28. The van der Waals surface area contributed by atoms with Crippen molar-refractivity contribution < 1.29 is 5.11 Å². The first-order valence-corrected chi connectivity index (χ1v) is 5.61. The Labute approximate surface area is 90.5 Å². The van der Waals surface area contributed by atoms with Gasteiger partial charge in [-0.1, -0.05) is 13.3 Å². The second-order valence-corrected chi connectivity index (χ2v) is 4.35. The number of anilines is 1. The number of nitrogens with zero attached hydrogens (tertiary/aromatic N) is 1. The largest absolute Gasteiger partial charge is 0.392 e. The van der Waals surface area contributed by atoms with Gasteiger partial charge in [0.15, 0.2) is 0 Å². The molecule has 1 aliphatic rings. The van der Waals surface area contributed by atoms with E-state index in [1.165, 1.54) is 19.3 Å². The quantitative estimate of drug-likeness (QED) is 0.796. The van der Waals surface area contributed by atoms with E-state index >= 15 is 0 Å². The van der Waals surface area contributed by atoms with E-state index in [1.807, 2.05) is 6.07 Å². The molecule has 0 radical (unpaired) electrons. The van der Waals surface area contributed by atoms with Gasteiger partial charge in [0.05, 0.1) is 18.5 Å². The summed E-state index contributed by atoms with van der Waals surface area (Å²) in [6.45, 7) is 2.35. The summed E-state index contributed by atoms with van der Waals surface area (Å²) < 4.78 is 0. The Morgan fingerprint density at radius 3 is 3.07 bits per heavy atom. The third kappa shape index (κ3) is 2.29. The summed E-state index contributed by atoms with van der Waals surface area (Å²) in [5.41, 5.74) is 1.92. The van der Waals surface area contributed by atoms with Crippen LogP contribution in [0.15, 0.2) is 18.5 Å². The summed E-state index contributed by atoms with van der Waals surface area (Å²) in [7, 11) is 0. The molecule has 0 amide bonds. The summed E-state index contributed by atoms with van der Waals surface area (Å²) >= 11 is 0. The van der Waals surface area contributed by atoms with Gasteiger partial charge in [0.2, 0.25) is 0 Å². The normalized spacial score (nSPS) is 25.5. The molecule has 0 aliphatic heterocycles. The highest BCUT2D eigenvalue weighted by molar-refractivity contribution is 5.49. The molecule has 1 aromatic rings. The zero-order valence-electron chi connectivity index (χ0n) is 9.11. The molecule has 1 fully saturated rings. The van der Waals surface area contributed by atoms with Gasteiger partial charge in [-0.25, -0.2) is 0 Å². The average Bonchev–Trinajstić information content (AvgIpc) is 2.65. The number of aliphatic hydroxyl groups is 1. The molecular weight excluding hydrogens is 188 g/mol. The number of rotatable bonds is 3. The van der Waals surface area contributed by atoms with Crippen LogP contribution in [-0.4, -0.2) is 16.1 Å². The Bertz CT molecular complexity index is 327. The van der Waals surface area contributed by atoms with E-state index in [-0.39, 0.29) is 6.61 Å². The van der Waals surface area contributed by atoms with E-state index < -0.39 is 0 Å². The molecule has 0 aromatic carbocycles. The van der Waals surface area contributed by atoms with Crippen LogP contribution in [0.25, 0.3) is 0 Å². The van der Waals surface area contributed by atoms with Crippen LogP contribution in [0, 0.1) is 5.92 Å². The molecule has 2 atom stereocenters. The predicted octanol–water partition coefficient (Wildman–Crippen LogP) is 2.17. The smallest absolute Gasteiger partial charge is 0.0703 e. The SMILES string of the molecule is CC1CCCC1Nc1cnccc1CO. The second-order valence-electron chi connectivity index (χ2n) is 4.35. The highest BCUT2D eigenvalue weighted by Gasteiger charge is 2.23. The van der Waals surface area contributed by atoms with Crippen LogP contribution in [0.1, 0.15) is 31.7 Å². The maximum absolute atomic E-state index is 9.19. The van der Waals surface area contributed by atoms with E-state index in [1.54, 1.807) is 12.4 Å². The summed E-state index contributed by atoms with van der Waals surface area (Å²) in [5.74, 6) is 0.719. The van der Waals surface area contributed by atoms with Gasteiger partial charge in [0.1, 0.15) is 0 Å². The Balaban J connectivity index is 2.09. The van der Waals surface area contributed by atoms with Gasteiger partial charge >= 0.3 is 0 Å². The fraction of sp³-hybridized carbons (Fsp3) is 0.583. The van der Waals surface area contributed by atoms with Crippen LogP contribution >= 0.6 is 0 Å². The van der Waals surface area contributed by atoms with Crippen LogP contribution in [0.2, 0.25) is 0 Å². The molecule has 0 spiro atoms. The van der Waals surface area contributed by atoms with Crippen molar-refractivity contribution in [3.63, 3.8) is 0 Å². The van der Waals surface area contributed by atoms with E-state index in [0.29, 0.717) is 6.04 Å². The molecule has 2 unspecified atom stereocenters. The van der Waals surface area contributed by atoms with E-state index in [9.17, 15) is 5.11 Å². The topological polar surface area (TPSA) is 45.2 Å². The van der Waals surface area contributed by atoms with E-state index in [4.69, 9.17) is 0 Å². The minimum absolute atomic E-state index is 0.0754. The second kappa shape index (κ2) is 4.62. The summed E-state index contributed by atoms with van der Waals surface area (Å²) in [5, 5.41) is 12.7. The zero-order chi connectivity index (χ0) is 10.7. The fourth-order valence-electron chi connectivity index (χ4n) is 2.25. The first-order chi connectivity index (χ1) is 7.31.